The maximum Gasteiger partial charge on any atom is 0.229 e. The summed E-state index contributed by atoms with van der Waals surface area (Å²) in [4.78, 5) is 16.3. The van der Waals surface area contributed by atoms with Gasteiger partial charge in [0.1, 0.15) is 0 Å². The average Bonchev–Trinajstić information content (AvgIpc) is 2.78. The van der Waals surface area contributed by atoms with Crippen LogP contribution in [0.1, 0.15) is 63.1 Å². The third-order valence-corrected chi connectivity index (χ3v) is 7.22. The molecule has 3 nitrogen and oxygen atoms in total. The van der Waals surface area contributed by atoms with Gasteiger partial charge in [0, 0.05) is 16.0 Å². The fraction of sp³-hybridized carbons (Fsp3) is 0.393. The Morgan fingerprint density at radius 3 is 2.48 bits per heavy atom. The van der Waals surface area contributed by atoms with Crippen LogP contribution in [0, 0.1) is 5.41 Å². The van der Waals surface area contributed by atoms with Gasteiger partial charge in [-0.2, -0.15) is 0 Å². The van der Waals surface area contributed by atoms with Gasteiger partial charge in [-0.15, -0.1) is 6.58 Å². The van der Waals surface area contributed by atoms with Gasteiger partial charge in [-0.25, -0.2) is 0 Å². The summed E-state index contributed by atoms with van der Waals surface area (Å²) in [6.07, 6.45) is 5.68. The van der Waals surface area contributed by atoms with Gasteiger partial charge >= 0.3 is 0 Å². The average molecular weight is 486 g/mol. The fourth-order valence-electron chi connectivity index (χ4n) is 5.23. The van der Waals surface area contributed by atoms with Crippen molar-refractivity contribution < 1.29 is 9.53 Å². The summed E-state index contributed by atoms with van der Waals surface area (Å²) in [5.74, 6) is 0.188. The SMILES string of the molecule is C=CC[C@@]1(C)C[C@H](c2cccc(Cl)c2)[C@@H](c2ccc(Cl)cc2)N([C@@H](CC)C(C)=COC)C1=O. The zero-order chi connectivity index (χ0) is 24.2. The molecule has 4 atom stereocenters. The van der Waals surface area contributed by atoms with E-state index in [0.717, 1.165) is 23.1 Å². The summed E-state index contributed by atoms with van der Waals surface area (Å²) in [6.45, 7) is 10.1. The van der Waals surface area contributed by atoms with Crippen molar-refractivity contribution in [1.82, 2.24) is 4.90 Å². The molecule has 0 N–H and O–H groups in total. The Bertz CT molecular complexity index is 1020. The molecule has 0 bridgehead atoms. The number of rotatable bonds is 8. The molecule has 0 radical (unpaired) electrons. The van der Waals surface area contributed by atoms with E-state index in [0.29, 0.717) is 22.9 Å². The van der Waals surface area contributed by atoms with E-state index in [1.165, 1.54) is 0 Å². The second-order valence-corrected chi connectivity index (χ2v) is 10.0. The Morgan fingerprint density at radius 2 is 1.91 bits per heavy atom. The van der Waals surface area contributed by atoms with Crippen LogP contribution in [0.2, 0.25) is 10.0 Å². The van der Waals surface area contributed by atoms with Crippen LogP contribution in [0.3, 0.4) is 0 Å². The lowest BCUT2D eigenvalue weighted by Gasteiger charge is -2.52. The summed E-state index contributed by atoms with van der Waals surface area (Å²) in [6, 6.07) is 15.6. The van der Waals surface area contributed by atoms with E-state index in [1.807, 2.05) is 55.5 Å². The highest BCUT2D eigenvalue weighted by atomic mass is 35.5. The Hall–Kier alpha value is -2.23. The van der Waals surface area contributed by atoms with Crippen LogP contribution in [0.4, 0.5) is 0 Å². The molecule has 2 aromatic rings. The smallest absolute Gasteiger partial charge is 0.229 e. The second-order valence-electron chi connectivity index (χ2n) is 9.15. The Balaban J connectivity index is 2.27. The molecule has 0 aromatic heterocycles. The highest BCUT2D eigenvalue weighted by molar-refractivity contribution is 6.30. The standard InChI is InChI=1S/C28H33Cl2NO2/c1-6-15-28(4)17-24(21-9-8-10-23(30)16-21)26(20-11-13-22(29)14-12-20)31(27(28)32)25(7-2)19(3)18-33-5/h6,8-14,16,18,24-26H,1,7,15,17H2,2-5H3/t24-,25+,26-,28+/m1/s1. The maximum absolute atomic E-state index is 14.2. The monoisotopic (exact) mass is 485 g/mol. The van der Waals surface area contributed by atoms with E-state index >= 15 is 0 Å². The molecular formula is C28H33Cl2NO2. The largest absolute Gasteiger partial charge is 0.504 e. The number of halogens is 2. The first-order valence-electron chi connectivity index (χ1n) is 11.4. The number of carbonyl (C=O) groups excluding carboxylic acids is 1. The van der Waals surface area contributed by atoms with E-state index in [1.54, 1.807) is 13.4 Å². The molecule has 1 fully saturated rings. The molecule has 176 valence electrons. The number of amides is 1. The van der Waals surface area contributed by atoms with Crippen LogP contribution in [0.15, 0.2) is 73.0 Å². The van der Waals surface area contributed by atoms with E-state index in [9.17, 15) is 4.79 Å². The van der Waals surface area contributed by atoms with Gasteiger partial charge in [0.05, 0.1) is 30.9 Å². The zero-order valence-electron chi connectivity index (χ0n) is 19.9. The molecule has 0 unspecified atom stereocenters. The van der Waals surface area contributed by atoms with E-state index in [4.69, 9.17) is 27.9 Å². The molecule has 0 saturated carbocycles. The lowest BCUT2D eigenvalue weighted by molar-refractivity contribution is -0.153. The molecule has 1 aliphatic heterocycles. The second kappa shape index (κ2) is 10.8. The summed E-state index contributed by atoms with van der Waals surface area (Å²) in [5, 5.41) is 1.37. The lowest BCUT2D eigenvalue weighted by atomic mass is 9.67. The zero-order valence-corrected chi connectivity index (χ0v) is 21.4. The molecule has 33 heavy (non-hydrogen) atoms. The Morgan fingerprint density at radius 1 is 1.21 bits per heavy atom. The number of methoxy groups -OCH3 is 1. The Labute approximate surface area is 208 Å². The Kier molecular flexibility index (Phi) is 8.31. The number of benzene rings is 2. The predicted octanol–water partition coefficient (Wildman–Crippen LogP) is 7.96. The third kappa shape index (κ3) is 5.31. The number of piperidine rings is 1. The van der Waals surface area contributed by atoms with Crippen molar-refractivity contribution in [3.05, 3.63) is 94.2 Å². The molecule has 0 aliphatic carbocycles. The number of hydrogen-bond donors (Lipinski definition) is 0. The first kappa shape index (κ1) is 25.4. The van der Waals surface area contributed by atoms with E-state index in [-0.39, 0.29) is 23.9 Å². The molecule has 1 amide bonds. The first-order chi connectivity index (χ1) is 15.8. The van der Waals surface area contributed by atoms with Crippen molar-refractivity contribution in [2.45, 2.75) is 58.0 Å². The highest BCUT2D eigenvalue weighted by Crippen LogP contribution is 2.52. The minimum atomic E-state index is -0.571. The number of hydrogen-bond acceptors (Lipinski definition) is 2. The van der Waals surface area contributed by atoms with Crippen LogP contribution in [-0.2, 0) is 9.53 Å². The van der Waals surface area contributed by atoms with Gasteiger partial charge in [-0.3, -0.25) is 4.79 Å². The van der Waals surface area contributed by atoms with Crippen LogP contribution < -0.4 is 0 Å². The van der Waals surface area contributed by atoms with Gasteiger partial charge in [-0.1, -0.05) is 67.4 Å². The minimum Gasteiger partial charge on any atom is -0.504 e. The summed E-state index contributed by atoms with van der Waals surface area (Å²) < 4.78 is 5.34. The van der Waals surface area contributed by atoms with Crippen LogP contribution in [0.5, 0.6) is 0 Å². The fourth-order valence-corrected chi connectivity index (χ4v) is 5.56. The van der Waals surface area contributed by atoms with Gasteiger partial charge in [0.15, 0.2) is 0 Å². The molecule has 2 aromatic carbocycles. The maximum atomic E-state index is 14.2. The van der Waals surface area contributed by atoms with Gasteiger partial charge < -0.3 is 9.64 Å². The first-order valence-corrected chi connectivity index (χ1v) is 12.1. The molecule has 5 heteroatoms. The number of ether oxygens (including phenoxy) is 1. The highest BCUT2D eigenvalue weighted by Gasteiger charge is 2.51. The number of carbonyl (C=O) groups is 1. The predicted molar refractivity (Wildman–Crippen MR) is 138 cm³/mol. The van der Waals surface area contributed by atoms with Crippen molar-refractivity contribution in [2.24, 2.45) is 5.41 Å². The van der Waals surface area contributed by atoms with Crippen LogP contribution in [-0.4, -0.2) is 24.0 Å². The van der Waals surface area contributed by atoms with Crippen molar-refractivity contribution in [2.75, 3.05) is 7.11 Å². The van der Waals surface area contributed by atoms with Crippen LogP contribution >= 0.6 is 23.2 Å². The van der Waals surface area contributed by atoms with Crippen LogP contribution in [0.25, 0.3) is 0 Å². The number of likely N-dealkylation sites (tertiary alicyclic amines) is 1. The lowest BCUT2D eigenvalue weighted by Crippen LogP contribution is -2.55. The van der Waals surface area contributed by atoms with Crippen molar-refractivity contribution in [3.8, 4) is 0 Å². The molecular weight excluding hydrogens is 453 g/mol. The third-order valence-electron chi connectivity index (χ3n) is 6.74. The summed E-state index contributed by atoms with van der Waals surface area (Å²) >= 11 is 12.6. The summed E-state index contributed by atoms with van der Waals surface area (Å²) in [7, 11) is 1.64. The van der Waals surface area contributed by atoms with Gasteiger partial charge in [-0.05, 0) is 67.2 Å². The van der Waals surface area contributed by atoms with Crippen molar-refractivity contribution >= 4 is 29.1 Å². The molecule has 1 saturated heterocycles. The van der Waals surface area contributed by atoms with Gasteiger partial charge in [0.25, 0.3) is 0 Å². The normalized spacial score (nSPS) is 24.5. The minimum absolute atomic E-state index is 0.0527. The molecule has 1 heterocycles. The quantitative estimate of drug-likeness (QED) is 0.280. The molecule has 3 rings (SSSR count). The number of allylic oxidation sites excluding steroid dienone is 1. The number of nitrogens with zero attached hydrogens (tertiary/aromatic N) is 1. The van der Waals surface area contributed by atoms with Gasteiger partial charge in [0.2, 0.25) is 5.91 Å². The molecule has 1 aliphatic rings. The van der Waals surface area contributed by atoms with Crippen molar-refractivity contribution in [3.63, 3.8) is 0 Å². The van der Waals surface area contributed by atoms with Crippen molar-refractivity contribution in [1.29, 1.82) is 0 Å². The topological polar surface area (TPSA) is 29.5 Å². The van der Waals surface area contributed by atoms with E-state index < -0.39 is 5.41 Å². The summed E-state index contributed by atoms with van der Waals surface area (Å²) in [5.41, 5.74) is 2.62. The molecule has 0 spiro atoms. The van der Waals surface area contributed by atoms with E-state index in [2.05, 4.69) is 31.4 Å².